The fraction of sp³-hybridized carbons (Fsp3) is 0.689. The zero-order chi connectivity index (χ0) is 40.3. The highest BCUT2D eigenvalue weighted by Crippen LogP contribution is 2.43. The lowest BCUT2D eigenvalue weighted by Gasteiger charge is -2.19. The maximum Gasteiger partial charge on any atom is 0.472 e. The Morgan fingerprint density at radius 3 is 1.45 bits per heavy atom. The predicted octanol–water partition coefficient (Wildman–Crippen LogP) is 12.3. The molecule has 0 aromatic heterocycles. The molecule has 316 valence electrons. The second kappa shape index (κ2) is 41.1. The Balaban J connectivity index is 4.30. The van der Waals surface area contributed by atoms with E-state index >= 15 is 0 Å². The van der Waals surface area contributed by atoms with Gasteiger partial charge >= 0.3 is 19.8 Å². The number of nitrogens with two attached hydrogens (primary N) is 1. The standard InChI is InChI=1S/C45H78NO8P/c1-3-5-7-9-11-13-15-17-19-20-21-22-24-26-28-30-32-34-36-38-45(48)54-43(42-53-55(49,50)52-40-39-46)41-51-44(47)37-35-33-31-29-27-25-23-18-16-14-12-10-8-6-4-2/h5,7,11,13,17,19,21-22,26,28,32,34,43H,3-4,6,8-10,12,14-16,18,20,23-25,27,29-31,33,35-42,46H2,1-2H3,(H,49,50)/b7-5-,13-11-,19-17-,22-21-,28-26-,34-32-. The van der Waals surface area contributed by atoms with Crippen LogP contribution in [0.15, 0.2) is 72.9 Å². The van der Waals surface area contributed by atoms with E-state index in [-0.39, 0.29) is 32.6 Å². The molecule has 0 aliphatic carbocycles. The van der Waals surface area contributed by atoms with Crippen LogP contribution in [-0.4, -0.2) is 49.3 Å². The first-order valence-corrected chi connectivity index (χ1v) is 22.9. The zero-order valence-corrected chi connectivity index (χ0v) is 35.5. The molecule has 0 bridgehead atoms. The summed E-state index contributed by atoms with van der Waals surface area (Å²) >= 11 is 0. The van der Waals surface area contributed by atoms with Crippen LogP contribution < -0.4 is 5.73 Å². The first kappa shape index (κ1) is 52.5. The highest BCUT2D eigenvalue weighted by molar-refractivity contribution is 7.47. The van der Waals surface area contributed by atoms with Crippen LogP contribution in [0.4, 0.5) is 0 Å². The van der Waals surface area contributed by atoms with Crippen molar-refractivity contribution in [2.45, 2.75) is 174 Å². The quantitative estimate of drug-likeness (QED) is 0.0270. The molecule has 0 saturated heterocycles. The maximum absolute atomic E-state index is 12.5. The normalized spacial score (nSPS) is 14.0. The number of carbonyl (C=O) groups is 2. The molecule has 0 fully saturated rings. The van der Waals surface area contributed by atoms with Gasteiger partial charge in [0.05, 0.1) is 13.2 Å². The van der Waals surface area contributed by atoms with Crippen molar-refractivity contribution in [2.75, 3.05) is 26.4 Å². The Hall–Kier alpha value is -2.55. The number of esters is 2. The third kappa shape index (κ3) is 40.9. The van der Waals surface area contributed by atoms with Gasteiger partial charge in [0, 0.05) is 19.4 Å². The first-order valence-electron chi connectivity index (χ1n) is 21.4. The summed E-state index contributed by atoms with van der Waals surface area (Å²) in [5, 5.41) is 0. The number of hydrogen-bond acceptors (Lipinski definition) is 8. The molecule has 0 radical (unpaired) electrons. The number of hydrogen-bond donors (Lipinski definition) is 2. The lowest BCUT2D eigenvalue weighted by molar-refractivity contribution is -0.161. The average molecular weight is 792 g/mol. The Kier molecular flexibility index (Phi) is 39.2. The zero-order valence-electron chi connectivity index (χ0n) is 34.6. The minimum absolute atomic E-state index is 0.0395. The molecular weight excluding hydrogens is 713 g/mol. The predicted molar refractivity (Wildman–Crippen MR) is 229 cm³/mol. The lowest BCUT2D eigenvalue weighted by Crippen LogP contribution is -2.29. The van der Waals surface area contributed by atoms with E-state index in [9.17, 15) is 19.0 Å². The second-order valence-corrected chi connectivity index (χ2v) is 15.3. The van der Waals surface area contributed by atoms with Gasteiger partial charge in [0.15, 0.2) is 6.10 Å². The summed E-state index contributed by atoms with van der Waals surface area (Å²) < 4.78 is 32.7. The highest BCUT2D eigenvalue weighted by Gasteiger charge is 2.25. The smallest absolute Gasteiger partial charge is 0.462 e. The molecule has 0 aliphatic heterocycles. The third-order valence-corrected chi connectivity index (χ3v) is 9.60. The van der Waals surface area contributed by atoms with Crippen molar-refractivity contribution in [2.24, 2.45) is 5.73 Å². The molecule has 9 nitrogen and oxygen atoms in total. The van der Waals surface area contributed by atoms with Gasteiger partial charge in [-0.05, 0) is 51.4 Å². The summed E-state index contributed by atoms with van der Waals surface area (Å²) in [6.45, 7) is 3.53. The molecular formula is C45H78NO8P. The number of unbranched alkanes of at least 4 members (excludes halogenated alkanes) is 14. The summed E-state index contributed by atoms with van der Waals surface area (Å²) in [5.74, 6) is -0.928. The van der Waals surface area contributed by atoms with Crippen LogP contribution in [0.2, 0.25) is 0 Å². The van der Waals surface area contributed by atoms with E-state index in [2.05, 4.69) is 74.6 Å². The Morgan fingerprint density at radius 2 is 1.00 bits per heavy atom. The van der Waals surface area contributed by atoms with Crippen molar-refractivity contribution in [3.05, 3.63) is 72.9 Å². The van der Waals surface area contributed by atoms with E-state index in [1.54, 1.807) is 0 Å². The number of ether oxygens (including phenoxy) is 2. The summed E-state index contributed by atoms with van der Waals surface area (Å²) in [4.78, 5) is 34.8. The summed E-state index contributed by atoms with van der Waals surface area (Å²) in [6, 6.07) is 0. The average Bonchev–Trinajstić information content (AvgIpc) is 3.17. The number of phosphoric ester groups is 1. The van der Waals surface area contributed by atoms with Gasteiger partial charge in [-0.3, -0.25) is 18.6 Å². The number of rotatable bonds is 39. The van der Waals surface area contributed by atoms with Crippen LogP contribution in [-0.2, 0) is 32.7 Å². The first-order chi connectivity index (χ1) is 26.8. The van der Waals surface area contributed by atoms with Crippen molar-refractivity contribution in [3.8, 4) is 0 Å². The van der Waals surface area contributed by atoms with Crippen molar-refractivity contribution < 1.29 is 37.6 Å². The van der Waals surface area contributed by atoms with Crippen LogP contribution in [0.5, 0.6) is 0 Å². The maximum atomic E-state index is 12.5. The Labute approximate surface area is 335 Å². The molecule has 0 rings (SSSR count). The lowest BCUT2D eigenvalue weighted by atomic mass is 10.0. The molecule has 0 aromatic rings. The minimum Gasteiger partial charge on any atom is -0.462 e. The van der Waals surface area contributed by atoms with E-state index < -0.39 is 32.5 Å². The molecule has 0 spiro atoms. The molecule has 2 unspecified atom stereocenters. The molecule has 0 aromatic carbocycles. The topological polar surface area (TPSA) is 134 Å². The van der Waals surface area contributed by atoms with Gasteiger partial charge in [0.1, 0.15) is 6.61 Å². The molecule has 0 heterocycles. The van der Waals surface area contributed by atoms with E-state index in [0.717, 1.165) is 57.8 Å². The molecule has 10 heteroatoms. The number of allylic oxidation sites excluding steroid dienone is 12. The van der Waals surface area contributed by atoms with E-state index in [1.165, 1.54) is 77.0 Å². The van der Waals surface area contributed by atoms with Gasteiger partial charge in [-0.1, -0.05) is 177 Å². The Morgan fingerprint density at radius 1 is 0.564 bits per heavy atom. The van der Waals surface area contributed by atoms with Gasteiger partial charge < -0.3 is 20.1 Å². The monoisotopic (exact) mass is 792 g/mol. The van der Waals surface area contributed by atoms with Gasteiger partial charge in [-0.25, -0.2) is 4.57 Å². The van der Waals surface area contributed by atoms with E-state index in [1.807, 2.05) is 12.2 Å². The Bertz CT molecular complexity index is 1130. The van der Waals surface area contributed by atoms with Crippen molar-refractivity contribution >= 4 is 19.8 Å². The number of phosphoric acid groups is 1. The summed E-state index contributed by atoms with van der Waals surface area (Å²) in [5.41, 5.74) is 5.34. The molecule has 55 heavy (non-hydrogen) atoms. The molecule has 0 saturated carbocycles. The van der Waals surface area contributed by atoms with Crippen LogP contribution >= 0.6 is 7.82 Å². The van der Waals surface area contributed by atoms with Gasteiger partial charge in [0.25, 0.3) is 0 Å². The summed E-state index contributed by atoms with van der Waals surface area (Å²) in [6.07, 6.45) is 49.5. The van der Waals surface area contributed by atoms with Crippen LogP contribution in [0.1, 0.15) is 168 Å². The summed E-state index contributed by atoms with van der Waals surface area (Å²) in [7, 11) is -4.40. The largest absolute Gasteiger partial charge is 0.472 e. The highest BCUT2D eigenvalue weighted by atomic mass is 31.2. The third-order valence-electron chi connectivity index (χ3n) is 8.62. The van der Waals surface area contributed by atoms with Crippen molar-refractivity contribution in [3.63, 3.8) is 0 Å². The molecule has 0 amide bonds. The minimum atomic E-state index is -4.40. The SMILES string of the molecule is CC/C=C\C/C=C\C/C=C\C/C=C\C/C=C\C/C=C\CCC(=O)OC(COC(=O)CCCCCCCCCCCCCCCCC)COP(=O)(O)OCCN. The fourth-order valence-electron chi connectivity index (χ4n) is 5.48. The van der Waals surface area contributed by atoms with E-state index in [0.29, 0.717) is 6.42 Å². The van der Waals surface area contributed by atoms with Crippen LogP contribution in [0, 0.1) is 0 Å². The molecule has 3 N–H and O–H groups in total. The van der Waals surface area contributed by atoms with Crippen molar-refractivity contribution in [1.29, 1.82) is 0 Å². The van der Waals surface area contributed by atoms with Gasteiger partial charge in [-0.2, -0.15) is 0 Å². The van der Waals surface area contributed by atoms with Crippen LogP contribution in [0.25, 0.3) is 0 Å². The van der Waals surface area contributed by atoms with Gasteiger partial charge in [-0.15, -0.1) is 0 Å². The van der Waals surface area contributed by atoms with Crippen LogP contribution in [0.3, 0.4) is 0 Å². The molecule has 2 atom stereocenters. The molecule has 0 aliphatic rings. The number of carbonyl (C=O) groups excluding carboxylic acids is 2. The van der Waals surface area contributed by atoms with E-state index in [4.69, 9.17) is 24.3 Å². The second-order valence-electron chi connectivity index (χ2n) is 13.8. The van der Waals surface area contributed by atoms with Gasteiger partial charge in [0.2, 0.25) is 0 Å². The van der Waals surface area contributed by atoms with Crippen molar-refractivity contribution in [1.82, 2.24) is 0 Å². The fourth-order valence-corrected chi connectivity index (χ4v) is 6.25.